The largest absolute Gasteiger partial charge is 0.357 e. The number of aryl methyl sites for hydroxylation is 1. The average molecular weight is 438 g/mol. The summed E-state index contributed by atoms with van der Waals surface area (Å²) in [5.74, 6) is 0. The Morgan fingerprint density at radius 2 is 1.84 bits per heavy atom. The molecule has 0 amide bonds. The molecule has 0 aliphatic heterocycles. The van der Waals surface area contributed by atoms with Crippen LogP contribution in [-0.4, -0.2) is 10.7 Å². The molecule has 1 fully saturated rings. The van der Waals surface area contributed by atoms with Gasteiger partial charge in [-0.05, 0) is 77.6 Å². The van der Waals surface area contributed by atoms with E-state index in [9.17, 15) is 0 Å². The number of benzene rings is 2. The van der Waals surface area contributed by atoms with Crippen LogP contribution in [0, 0.1) is 0 Å². The summed E-state index contributed by atoms with van der Waals surface area (Å²) in [6.45, 7) is 0. The van der Waals surface area contributed by atoms with E-state index < -0.39 is 0 Å². The fraction of sp³-hybridized carbons (Fsp3) is 0.350. The predicted molar refractivity (Wildman–Crippen MR) is 114 cm³/mol. The summed E-state index contributed by atoms with van der Waals surface area (Å²) < 4.78 is 0.883. The van der Waals surface area contributed by atoms with Gasteiger partial charge in [-0.15, -0.1) is 0 Å². The molecule has 5 heteroatoms. The lowest BCUT2D eigenvalue weighted by Crippen LogP contribution is -2.48. The Morgan fingerprint density at radius 3 is 2.52 bits per heavy atom. The molecule has 0 heterocycles. The minimum Gasteiger partial charge on any atom is -0.357 e. The van der Waals surface area contributed by atoms with Gasteiger partial charge in [-0.3, -0.25) is 0 Å². The molecule has 2 N–H and O–H groups in total. The van der Waals surface area contributed by atoms with Crippen LogP contribution in [0.4, 0.5) is 5.69 Å². The minimum atomic E-state index is 0.0963. The van der Waals surface area contributed by atoms with Crippen molar-refractivity contribution in [1.82, 2.24) is 5.32 Å². The van der Waals surface area contributed by atoms with E-state index in [1.807, 2.05) is 18.2 Å². The first-order valence-corrected chi connectivity index (χ1v) is 10.2. The Morgan fingerprint density at radius 1 is 1.12 bits per heavy atom. The Kier molecular flexibility index (Phi) is 6.37. The van der Waals surface area contributed by atoms with Gasteiger partial charge < -0.3 is 10.6 Å². The van der Waals surface area contributed by atoms with Crippen LogP contribution < -0.4 is 10.6 Å². The lowest BCUT2D eigenvalue weighted by molar-refractivity contribution is 0.362. The molecule has 0 saturated heterocycles. The van der Waals surface area contributed by atoms with Gasteiger partial charge in [0.05, 0.1) is 5.02 Å². The fourth-order valence-electron chi connectivity index (χ4n) is 3.49. The zero-order valence-electron chi connectivity index (χ0n) is 14.0. The molecule has 2 aromatic carbocycles. The zero-order chi connectivity index (χ0) is 17.7. The van der Waals surface area contributed by atoms with Crippen molar-refractivity contribution in [2.75, 3.05) is 5.32 Å². The van der Waals surface area contributed by atoms with Gasteiger partial charge in [-0.25, -0.2) is 0 Å². The molecule has 0 bridgehead atoms. The molecule has 1 saturated carbocycles. The van der Waals surface area contributed by atoms with Crippen LogP contribution in [0.3, 0.4) is 0 Å². The van der Waals surface area contributed by atoms with Crippen molar-refractivity contribution in [3.8, 4) is 0 Å². The van der Waals surface area contributed by atoms with E-state index >= 15 is 0 Å². The van der Waals surface area contributed by atoms with Crippen molar-refractivity contribution >= 4 is 50.5 Å². The van der Waals surface area contributed by atoms with Crippen molar-refractivity contribution in [2.45, 2.75) is 44.1 Å². The Bertz CT molecular complexity index is 730. The summed E-state index contributed by atoms with van der Waals surface area (Å²) in [7, 11) is 0. The van der Waals surface area contributed by atoms with Crippen molar-refractivity contribution < 1.29 is 0 Å². The van der Waals surface area contributed by atoms with E-state index in [-0.39, 0.29) is 5.54 Å². The smallest absolute Gasteiger partial charge is 0.171 e. The number of nitrogens with one attached hydrogen (secondary N) is 2. The third kappa shape index (κ3) is 5.19. The van der Waals surface area contributed by atoms with Gasteiger partial charge in [-0.2, -0.15) is 0 Å². The van der Waals surface area contributed by atoms with E-state index in [1.165, 1.54) is 31.2 Å². The highest BCUT2D eigenvalue weighted by Crippen LogP contribution is 2.34. The maximum Gasteiger partial charge on any atom is 0.171 e. The molecular weight excluding hydrogens is 416 g/mol. The first-order chi connectivity index (χ1) is 12.1. The van der Waals surface area contributed by atoms with Gasteiger partial charge in [0.2, 0.25) is 0 Å². The van der Waals surface area contributed by atoms with Crippen LogP contribution in [0.5, 0.6) is 0 Å². The molecule has 132 valence electrons. The van der Waals surface area contributed by atoms with Gasteiger partial charge >= 0.3 is 0 Å². The molecule has 0 radical (unpaired) electrons. The Hall–Kier alpha value is -1.10. The lowest BCUT2D eigenvalue weighted by Gasteiger charge is -2.32. The van der Waals surface area contributed by atoms with Crippen molar-refractivity contribution in [3.63, 3.8) is 0 Å². The number of rotatable bonds is 5. The molecule has 2 nitrogen and oxygen atoms in total. The van der Waals surface area contributed by atoms with Gasteiger partial charge in [0, 0.05) is 15.7 Å². The van der Waals surface area contributed by atoms with Gasteiger partial charge in [0.25, 0.3) is 0 Å². The molecule has 0 aromatic heterocycles. The van der Waals surface area contributed by atoms with Crippen LogP contribution in [0.15, 0.2) is 53.0 Å². The molecular formula is C20H22BrClN2S. The third-order valence-corrected chi connectivity index (χ3v) is 6.29. The summed E-state index contributed by atoms with van der Waals surface area (Å²) in [6.07, 6.45) is 7.02. The molecule has 1 aliphatic carbocycles. The predicted octanol–water partition coefficient (Wildman–Crippen LogP) is 6.33. The second kappa shape index (κ2) is 8.52. The van der Waals surface area contributed by atoms with E-state index in [0.717, 1.165) is 23.0 Å². The molecule has 0 atom stereocenters. The van der Waals surface area contributed by atoms with Crippen molar-refractivity contribution in [3.05, 3.63) is 63.6 Å². The monoisotopic (exact) mass is 436 g/mol. The van der Waals surface area contributed by atoms with E-state index in [4.69, 9.17) is 23.8 Å². The normalized spacial score (nSPS) is 15.8. The van der Waals surface area contributed by atoms with Crippen molar-refractivity contribution in [1.29, 1.82) is 0 Å². The quantitative estimate of drug-likeness (QED) is 0.534. The Labute approximate surface area is 168 Å². The first kappa shape index (κ1) is 18.7. The number of halogens is 2. The zero-order valence-corrected chi connectivity index (χ0v) is 17.2. The molecule has 1 aliphatic rings. The summed E-state index contributed by atoms with van der Waals surface area (Å²) in [5.41, 5.74) is 2.38. The number of hydrogen-bond acceptors (Lipinski definition) is 1. The Balaban J connectivity index is 1.62. The SMILES string of the molecule is S=C(Nc1ccc(Br)c(Cl)c1)NC1(CCc2ccccc2)CCCC1. The van der Waals surface area contributed by atoms with Crippen LogP contribution in [-0.2, 0) is 6.42 Å². The molecule has 3 rings (SSSR count). The molecule has 0 spiro atoms. The topological polar surface area (TPSA) is 24.1 Å². The fourth-order valence-corrected chi connectivity index (χ4v) is 4.26. The van der Waals surface area contributed by atoms with Crippen LogP contribution in [0.1, 0.15) is 37.7 Å². The lowest BCUT2D eigenvalue weighted by atomic mass is 9.89. The third-order valence-electron chi connectivity index (χ3n) is 4.85. The number of hydrogen-bond donors (Lipinski definition) is 2. The minimum absolute atomic E-state index is 0.0963. The van der Waals surface area contributed by atoms with Crippen LogP contribution >= 0.6 is 39.7 Å². The molecule has 2 aromatic rings. The number of anilines is 1. The second-order valence-electron chi connectivity index (χ2n) is 6.68. The van der Waals surface area contributed by atoms with Crippen LogP contribution in [0.2, 0.25) is 5.02 Å². The van der Waals surface area contributed by atoms with E-state index in [0.29, 0.717) is 10.1 Å². The maximum atomic E-state index is 6.16. The highest BCUT2D eigenvalue weighted by molar-refractivity contribution is 9.10. The number of thiocarbonyl (C=S) groups is 1. The summed E-state index contributed by atoms with van der Waals surface area (Å²) in [5, 5.41) is 8.23. The highest BCUT2D eigenvalue weighted by atomic mass is 79.9. The van der Waals surface area contributed by atoms with Gasteiger partial charge in [-0.1, -0.05) is 54.8 Å². The summed E-state index contributed by atoms with van der Waals surface area (Å²) in [6, 6.07) is 16.4. The average Bonchev–Trinajstić information content (AvgIpc) is 3.06. The van der Waals surface area contributed by atoms with Crippen molar-refractivity contribution in [2.24, 2.45) is 0 Å². The van der Waals surface area contributed by atoms with Gasteiger partial charge in [0.1, 0.15) is 0 Å². The highest BCUT2D eigenvalue weighted by Gasteiger charge is 2.34. The first-order valence-electron chi connectivity index (χ1n) is 8.65. The van der Waals surface area contributed by atoms with E-state index in [1.54, 1.807) is 0 Å². The second-order valence-corrected chi connectivity index (χ2v) is 8.35. The van der Waals surface area contributed by atoms with E-state index in [2.05, 4.69) is 56.9 Å². The maximum absolute atomic E-state index is 6.16. The molecule has 25 heavy (non-hydrogen) atoms. The summed E-state index contributed by atoms with van der Waals surface area (Å²) >= 11 is 15.1. The molecule has 0 unspecified atom stereocenters. The standard InChI is InChI=1S/C20H22BrClN2S/c21-17-9-8-16(14-18(17)22)23-19(25)24-20(11-4-5-12-20)13-10-15-6-2-1-3-7-15/h1-3,6-9,14H,4-5,10-13H2,(H2,23,24,25). The summed E-state index contributed by atoms with van der Waals surface area (Å²) in [4.78, 5) is 0. The van der Waals surface area contributed by atoms with Gasteiger partial charge in [0.15, 0.2) is 5.11 Å². The van der Waals surface area contributed by atoms with Crippen LogP contribution in [0.25, 0.3) is 0 Å².